The van der Waals surface area contributed by atoms with Gasteiger partial charge in [-0.05, 0) is 24.1 Å². The van der Waals surface area contributed by atoms with E-state index in [1.165, 1.54) is 11.5 Å². The van der Waals surface area contributed by atoms with Gasteiger partial charge in [0.05, 0.1) is 4.88 Å². The first-order valence-electron chi connectivity index (χ1n) is 6.61. The smallest absolute Gasteiger partial charge is 0.276 e. The summed E-state index contributed by atoms with van der Waals surface area (Å²) in [7, 11) is 2.07. The topological polar surface area (TPSA) is 49.3 Å². The average Bonchev–Trinajstić information content (AvgIpc) is 2.97. The van der Waals surface area contributed by atoms with Gasteiger partial charge in [0, 0.05) is 26.2 Å². The highest BCUT2D eigenvalue weighted by atomic mass is 32.1. The summed E-state index contributed by atoms with van der Waals surface area (Å²) in [5, 5.41) is 4.05. The molecule has 2 aromatic rings. The Hall–Kier alpha value is -1.79. The minimum atomic E-state index is -0.00861. The third-order valence-electron chi connectivity index (χ3n) is 3.52. The number of carbonyl (C=O) groups excluding carboxylic acids is 1. The first-order chi connectivity index (χ1) is 9.75. The molecule has 0 atom stereocenters. The van der Waals surface area contributed by atoms with Crippen molar-refractivity contribution < 1.29 is 4.79 Å². The van der Waals surface area contributed by atoms with Crippen molar-refractivity contribution in [2.24, 2.45) is 0 Å². The molecule has 1 amide bonds. The lowest BCUT2D eigenvalue weighted by molar-refractivity contribution is 0.0659. The molecule has 1 aliphatic heterocycles. The molecule has 1 aliphatic rings. The number of likely N-dealkylation sites (N-methyl/N-ethyl adjacent to an activating group) is 1. The molecule has 20 heavy (non-hydrogen) atoms. The van der Waals surface area contributed by atoms with Gasteiger partial charge in [0.25, 0.3) is 5.91 Å². The molecule has 0 N–H and O–H groups in total. The van der Waals surface area contributed by atoms with Crippen molar-refractivity contribution in [2.45, 2.75) is 0 Å². The number of carbonyl (C=O) groups is 1. The maximum atomic E-state index is 12.6. The molecule has 0 bridgehead atoms. The molecule has 1 aromatic carbocycles. The number of nitrogens with zero attached hydrogens (tertiary/aromatic N) is 4. The molecule has 2 heterocycles. The number of piperazine rings is 1. The van der Waals surface area contributed by atoms with Gasteiger partial charge in [-0.2, -0.15) is 0 Å². The molecule has 3 rings (SSSR count). The predicted molar refractivity (Wildman–Crippen MR) is 78.7 cm³/mol. The lowest BCUT2D eigenvalue weighted by atomic mass is 10.1. The standard InChI is InChI=1S/C14H16N4OS/c1-17-7-9-18(10-8-17)14(19)12-13(20-16-15-12)11-5-3-2-4-6-11/h2-6H,7-10H2,1H3. The maximum Gasteiger partial charge on any atom is 0.276 e. The van der Waals surface area contributed by atoms with Crippen LogP contribution in [0.25, 0.3) is 10.4 Å². The van der Waals surface area contributed by atoms with E-state index >= 15 is 0 Å². The molecule has 0 saturated carbocycles. The Kier molecular flexibility index (Phi) is 3.75. The average molecular weight is 288 g/mol. The minimum absolute atomic E-state index is 0.00861. The quantitative estimate of drug-likeness (QED) is 0.842. The highest BCUT2D eigenvalue weighted by Crippen LogP contribution is 2.26. The molecule has 1 saturated heterocycles. The van der Waals surface area contributed by atoms with Crippen LogP contribution < -0.4 is 0 Å². The van der Waals surface area contributed by atoms with Gasteiger partial charge in [0.2, 0.25) is 0 Å². The second kappa shape index (κ2) is 5.68. The minimum Gasteiger partial charge on any atom is -0.335 e. The van der Waals surface area contributed by atoms with Crippen LogP contribution in [0.3, 0.4) is 0 Å². The zero-order valence-corrected chi connectivity index (χ0v) is 12.1. The van der Waals surface area contributed by atoms with Gasteiger partial charge in [-0.15, -0.1) is 5.10 Å². The number of benzene rings is 1. The van der Waals surface area contributed by atoms with Gasteiger partial charge >= 0.3 is 0 Å². The van der Waals surface area contributed by atoms with Crippen LogP contribution in [0.2, 0.25) is 0 Å². The third-order valence-corrected chi connectivity index (χ3v) is 4.29. The summed E-state index contributed by atoms with van der Waals surface area (Å²) in [5.41, 5.74) is 1.48. The Morgan fingerprint density at radius 1 is 1.15 bits per heavy atom. The van der Waals surface area contributed by atoms with Crippen molar-refractivity contribution in [2.75, 3.05) is 33.2 Å². The number of amides is 1. The van der Waals surface area contributed by atoms with Crippen molar-refractivity contribution in [3.8, 4) is 10.4 Å². The molecular formula is C14H16N4OS. The van der Waals surface area contributed by atoms with E-state index in [-0.39, 0.29) is 5.91 Å². The van der Waals surface area contributed by atoms with E-state index in [1.54, 1.807) is 0 Å². The number of hydrogen-bond donors (Lipinski definition) is 0. The largest absolute Gasteiger partial charge is 0.335 e. The zero-order valence-electron chi connectivity index (χ0n) is 11.3. The molecule has 0 radical (unpaired) electrons. The van der Waals surface area contributed by atoms with Crippen LogP contribution in [-0.2, 0) is 0 Å². The predicted octanol–water partition coefficient (Wildman–Crippen LogP) is 1.59. The summed E-state index contributed by atoms with van der Waals surface area (Å²) < 4.78 is 3.96. The number of aromatic nitrogens is 2. The molecule has 104 valence electrons. The van der Waals surface area contributed by atoms with Crippen LogP contribution in [0.15, 0.2) is 30.3 Å². The van der Waals surface area contributed by atoms with Crippen molar-refractivity contribution >= 4 is 17.4 Å². The first kappa shape index (κ1) is 13.2. The lowest BCUT2D eigenvalue weighted by Gasteiger charge is -2.32. The van der Waals surface area contributed by atoms with Crippen molar-refractivity contribution in [3.63, 3.8) is 0 Å². The SMILES string of the molecule is CN1CCN(C(=O)c2nnsc2-c2ccccc2)CC1. The molecule has 0 aliphatic carbocycles. The zero-order chi connectivity index (χ0) is 13.9. The fraction of sp³-hybridized carbons (Fsp3) is 0.357. The normalized spacial score (nSPS) is 16.4. The van der Waals surface area contributed by atoms with Crippen molar-refractivity contribution in [1.82, 2.24) is 19.4 Å². The summed E-state index contributed by atoms with van der Waals surface area (Å²) in [6, 6.07) is 9.84. The van der Waals surface area contributed by atoms with Gasteiger partial charge in [-0.1, -0.05) is 34.8 Å². The van der Waals surface area contributed by atoms with Crippen LogP contribution in [0.4, 0.5) is 0 Å². The molecule has 0 unspecified atom stereocenters. The van der Waals surface area contributed by atoms with Crippen LogP contribution in [0.5, 0.6) is 0 Å². The summed E-state index contributed by atoms with van der Waals surface area (Å²) in [6.07, 6.45) is 0. The first-order valence-corrected chi connectivity index (χ1v) is 7.38. The Morgan fingerprint density at radius 3 is 2.55 bits per heavy atom. The van der Waals surface area contributed by atoms with Gasteiger partial charge < -0.3 is 9.80 Å². The third kappa shape index (κ3) is 2.57. The molecule has 5 nitrogen and oxygen atoms in total. The van der Waals surface area contributed by atoms with E-state index in [0.717, 1.165) is 36.6 Å². The fourth-order valence-corrected chi connectivity index (χ4v) is 2.93. The molecule has 6 heteroatoms. The second-order valence-electron chi connectivity index (χ2n) is 4.91. The van der Waals surface area contributed by atoms with Crippen molar-refractivity contribution in [3.05, 3.63) is 36.0 Å². The maximum absolute atomic E-state index is 12.6. The van der Waals surface area contributed by atoms with Gasteiger partial charge in [0.15, 0.2) is 5.69 Å². The fourth-order valence-electron chi connectivity index (χ4n) is 2.27. The molecule has 1 fully saturated rings. The monoisotopic (exact) mass is 288 g/mol. The van der Waals surface area contributed by atoms with E-state index in [9.17, 15) is 4.79 Å². The van der Waals surface area contributed by atoms with Crippen LogP contribution in [0.1, 0.15) is 10.5 Å². The van der Waals surface area contributed by atoms with Crippen molar-refractivity contribution in [1.29, 1.82) is 0 Å². The summed E-state index contributed by atoms with van der Waals surface area (Å²) in [4.78, 5) is 17.5. The summed E-state index contributed by atoms with van der Waals surface area (Å²) in [5.74, 6) is -0.00861. The van der Waals surface area contributed by atoms with Gasteiger partial charge in [-0.25, -0.2) is 0 Å². The Morgan fingerprint density at radius 2 is 1.85 bits per heavy atom. The van der Waals surface area contributed by atoms with Gasteiger partial charge in [0.1, 0.15) is 0 Å². The number of rotatable bonds is 2. The van der Waals surface area contributed by atoms with Gasteiger partial charge in [-0.3, -0.25) is 4.79 Å². The molecular weight excluding hydrogens is 272 g/mol. The Labute approximate surface area is 122 Å². The molecule has 0 spiro atoms. The van der Waals surface area contributed by atoms with Crippen LogP contribution in [-0.4, -0.2) is 58.5 Å². The highest BCUT2D eigenvalue weighted by molar-refractivity contribution is 7.09. The van der Waals surface area contributed by atoms with E-state index in [0.29, 0.717) is 5.69 Å². The van der Waals surface area contributed by atoms with Crippen LogP contribution in [0, 0.1) is 0 Å². The van der Waals surface area contributed by atoms with E-state index in [2.05, 4.69) is 21.5 Å². The van der Waals surface area contributed by atoms with Crippen LogP contribution >= 0.6 is 11.5 Å². The Balaban J connectivity index is 1.85. The van der Waals surface area contributed by atoms with E-state index in [1.807, 2.05) is 35.2 Å². The highest BCUT2D eigenvalue weighted by Gasteiger charge is 2.25. The lowest BCUT2D eigenvalue weighted by Crippen LogP contribution is -2.47. The number of hydrogen-bond acceptors (Lipinski definition) is 5. The Bertz CT molecular complexity index is 590. The van der Waals surface area contributed by atoms with E-state index < -0.39 is 0 Å². The molecule has 1 aromatic heterocycles. The summed E-state index contributed by atoms with van der Waals surface area (Å²) >= 11 is 1.28. The second-order valence-corrected chi connectivity index (χ2v) is 5.67. The van der Waals surface area contributed by atoms with E-state index in [4.69, 9.17) is 0 Å². The summed E-state index contributed by atoms with van der Waals surface area (Å²) in [6.45, 7) is 3.32.